The van der Waals surface area contributed by atoms with Gasteiger partial charge in [0.2, 0.25) is 0 Å². The largest absolute Gasteiger partial charge is 0.386 e. The summed E-state index contributed by atoms with van der Waals surface area (Å²) in [4.78, 5) is 0. The van der Waals surface area contributed by atoms with Crippen molar-refractivity contribution in [2.24, 2.45) is 0 Å². The van der Waals surface area contributed by atoms with Crippen molar-refractivity contribution in [3.63, 3.8) is 0 Å². The van der Waals surface area contributed by atoms with Gasteiger partial charge < -0.3 is 10.4 Å². The standard InChI is InChI=1S/C16H14F2N2O/c17-12-3-6-15(18)14(9-12)16(21)10-20-13-4-1-11(2-5-13)7-8-19/h1-6,9,16,20-21H,7,10H2. The molecule has 21 heavy (non-hydrogen) atoms. The molecule has 1 atom stereocenters. The minimum absolute atomic E-state index is 0.0535. The van der Waals surface area contributed by atoms with Crippen LogP contribution >= 0.6 is 0 Å². The second-order valence-corrected chi connectivity index (χ2v) is 4.59. The van der Waals surface area contributed by atoms with Gasteiger partial charge in [0.05, 0.1) is 18.6 Å². The summed E-state index contributed by atoms with van der Waals surface area (Å²) in [6.45, 7) is 0.0535. The zero-order valence-corrected chi connectivity index (χ0v) is 11.2. The van der Waals surface area contributed by atoms with Crippen molar-refractivity contribution in [3.8, 4) is 6.07 Å². The van der Waals surface area contributed by atoms with Crippen LogP contribution in [0.1, 0.15) is 17.2 Å². The van der Waals surface area contributed by atoms with E-state index in [0.29, 0.717) is 6.42 Å². The molecule has 0 bridgehead atoms. The number of aliphatic hydroxyl groups excluding tert-OH is 1. The maximum absolute atomic E-state index is 13.5. The molecule has 0 aliphatic carbocycles. The van der Waals surface area contributed by atoms with E-state index in [2.05, 4.69) is 5.32 Å². The molecule has 2 aromatic carbocycles. The van der Waals surface area contributed by atoms with Crippen LogP contribution in [0.3, 0.4) is 0 Å². The molecule has 2 rings (SSSR count). The monoisotopic (exact) mass is 288 g/mol. The fraction of sp³-hybridized carbons (Fsp3) is 0.188. The van der Waals surface area contributed by atoms with Crippen molar-refractivity contribution < 1.29 is 13.9 Å². The lowest BCUT2D eigenvalue weighted by molar-refractivity contribution is 0.186. The summed E-state index contributed by atoms with van der Waals surface area (Å²) in [5.41, 5.74) is 1.54. The highest BCUT2D eigenvalue weighted by molar-refractivity contribution is 5.45. The molecule has 0 aromatic heterocycles. The van der Waals surface area contributed by atoms with Gasteiger partial charge in [0, 0.05) is 17.8 Å². The number of nitrogens with one attached hydrogen (secondary N) is 1. The molecule has 0 aliphatic rings. The van der Waals surface area contributed by atoms with Gasteiger partial charge in [-0.1, -0.05) is 12.1 Å². The molecule has 3 nitrogen and oxygen atoms in total. The highest BCUT2D eigenvalue weighted by atomic mass is 19.1. The molecule has 0 amide bonds. The average molecular weight is 288 g/mol. The first kappa shape index (κ1) is 14.9. The molecule has 1 unspecified atom stereocenters. The van der Waals surface area contributed by atoms with Gasteiger partial charge in [-0.25, -0.2) is 8.78 Å². The van der Waals surface area contributed by atoms with Gasteiger partial charge in [-0.05, 0) is 35.9 Å². The normalized spacial score (nSPS) is 11.7. The third-order valence-corrected chi connectivity index (χ3v) is 3.05. The predicted octanol–water partition coefficient (Wildman–Crippen LogP) is 3.18. The van der Waals surface area contributed by atoms with Crippen LogP contribution in [-0.2, 0) is 6.42 Å². The molecule has 0 spiro atoms. The van der Waals surface area contributed by atoms with E-state index < -0.39 is 17.7 Å². The second-order valence-electron chi connectivity index (χ2n) is 4.59. The molecule has 108 valence electrons. The molecule has 0 aliphatic heterocycles. The number of halogens is 2. The molecule has 0 fully saturated rings. The summed E-state index contributed by atoms with van der Waals surface area (Å²) in [7, 11) is 0. The summed E-state index contributed by atoms with van der Waals surface area (Å²) in [5, 5.41) is 21.4. The Bertz CT molecular complexity index is 650. The van der Waals surface area contributed by atoms with E-state index in [-0.39, 0.29) is 12.1 Å². The Kier molecular flexibility index (Phi) is 4.85. The number of hydrogen-bond acceptors (Lipinski definition) is 3. The fourth-order valence-electron chi connectivity index (χ4n) is 1.93. The van der Waals surface area contributed by atoms with Crippen molar-refractivity contribution in [2.45, 2.75) is 12.5 Å². The van der Waals surface area contributed by atoms with Crippen molar-refractivity contribution in [2.75, 3.05) is 11.9 Å². The number of hydrogen-bond donors (Lipinski definition) is 2. The molecule has 0 saturated heterocycles. The first-order chi connectivity index (χ1) is 10.1. The van der Waals surface area contributed by atoms with E-state index in [0.717, 1.165) is 29.4 Å². The zero-order chi connectivity index (χ0) is 15.2. The second kappa shape index (κ2) is 6.82. The predicted molar refractivity (Wildman–Crippen MR) is 75.6 cm³/mol. The van der Waals surface area contributed by atoms with Crippen LogP contribution in [0.15, 0.2) is 42.5 Å². The minimum Gasteiger partial charge on any atom is -0.386 e. The van der Waals surface area contributed by atoms with E-state index in [1.807, 2.05) is 6.07 Å². The number of anilines is 1. The Hall–Kier alpha value is -2.45. The lowest BCUT2D eigenvalue weighted by atomic mass is 10.1. The molecular weight excluding hydrogens is 274 g/mol. The molecular formula is C16H14F2N2O. The van der Waals surface area contributed by atoms with Crippen LogP contribution in [0.5, 0.6) is 0 Å². The molecule has 0 radical (unpaired) electrons. The lowest BCUT2D eigenvalue weighted by Gasteiger charge is -2.14. The highest BCUT2D eigenvalue weighted by Crippen LogP contribution is 2.19. The molecule has 2 aromatic rings. The van der Waals surface area contributed by atoms with E-state index >= 15 is 0 Å². The Labute approximate surface area is 121 Å². The Morgan fingerprint density at radius 3 is 2.52 bits per heavy atom. The summed E-state index contributed by atoms with van der Waals surface area (Å²) >= 11 is 0. The van der Waals surface area contributed by atoms with Crippen LogP contribution < -0.4 is 5.32 Å². The highest BCUT2D eigenvalue weighted by Gasteiger charge is 2.13. The van der Waals surface area contributed by atoms with Crippen molar-refractivity contribution in [1.29, 1.82) is 5.26 Å². The van der Waals surface area contributed by atoms with E-state index in [1.165, 1.54) is 0 Å². The molecule has 2 N–H and O–H groups in total. The molecule has 0 heterocycles. The van der Waals surface area contributed by atoms with Gasteiger partial charge in [0.1, 0.15) is 11.6 Å². The SMILES string of the molecule is N#CCc1ccc(NCC(O)c2cc(F)ccc2F)cc1. The van der Waals surface area contributed by atoms with E-state index in [4.69, 9.17) is 5.26 Å². The third-order valence-electron chi connectivity index (χ3n) is 3.05. The van der Waals surface area contributed by atoms with E-state index in [1.54, 1.807) is 24.3 Å². The smallest absolute Gasteiger partial charge is 0.129 e. The topological polar surface area (TPSA) is 56.0 Å². The number of rotatable bonds is 5. The van der Waals surface area contributed by atoms with Gasteiger partial charge in [0.15, 0.2) is 0 Å². The van der Waals surface area contributed by atoms with Gasteiger partial charge in [-0.3, -0.25) is 0 Å². The first-order valence-corrected chi connectivity index (χ1v) is 6.43. The molecule has 0 saturated carbocycles. The maximum Gasteiger partial charge on any atom is 0.129 e. The third kappa shape index (κ3) is 4.01. The van der Waals surface area contributed by atoms with Gasteiger partial charge in [-0.2, -0.15) is 5.26 Å². The Morgan fingerprint density at radius 2 is 1.86 bits per heavy atom. The number of nitriles is 1. The summed E-state index contributed by atoms with van der Waals surface area (Å²) in [5.74, 6) is -1.23. The minimum atomic E-state index is -1.15. The van der Waals surface area contributed by atoms with Crippen LogP contribution in [0.4, 0.5) is 14.5 Å². The maximum atomic E-state index is 13.5. The van der Waals surface area contributed by atoms with Crippen molar-refractivity contribution in [1.82, 2.24) is 0 Å². The quantitative estimate of drug-likeness (QED) is 0.888. The number of nitrogens with zero attached hydrogens (tertiary/aromatic N) is 1. The van der Waals surface area contributed by atoms with Crippen LogP contribution in [0, 0.1) is 23.0 Å². The van der Waals surface area contributed by atoms with Gasteiger partial charge >= 0.3 is 0 Å². The van der Waals surface area contributed by atoms with Crippen molar-refractivity contribution >= 4 is 5.69 Å². The van der Waals surface area contributed by atoms with Crippen LogP contribution in [0.2, 0.25) is 0 Å². The van der Waals surface area contributed by atoms with E-state index in [9.17, 15) is 13.9 Å². The zero-order valence-electron chi connectivity index (χ0n) is 11.2. The first-order valence-electron chi connectivity index (χ1n) is 6.43. The number of benzene rings is 2. The summed E-state index contributed by atoms with van der Waals surface area (Å²) in [6, 6.07) is 12.1. The molecule has 5 heteroatoms. The Morgan fingerprint density at radius 1 is 1.14 bits per heavy atom. The average Bonchev–Trinajstić information content (AvgIpc) is 2.49. The van der Waals surface area contributed by atoms with Gasteiger partial charge in [0.25, 0.3) is 0 Å². The van der Waals surface area contributed by atoms with Crippen molar-refractivity contribution in [3.05, 3.63) is 65.2 Å². The summed E-state index contributed by atoms with van der Waals surface area (Å²) in [6.07, 6.45) is -0.822. The summed E-state index contributed by atoms with van der Waals surface area (Å²) < 4.78 is 26.6. The fourth-order valence-corrected chi connectivity index (χ4v) is 1.93. The Balaban J connectivity index is 1.99. The van der Waals surface area contributed by atoms with Crippen LogP contribution in [0.25, 0.3) is 0 Å². The lowest BCUT2D eigenvalue weighted by Crippen LogP contribution is -2.13. The number of aliphatic hydroxyl groups is 1. The van der Waals surface area contributed by atoms with Crippen LogP contribution in [-0.4, -0.2) is 11.7 Å². The van der Waals surface area contributed by atoms with Gasteiger partial charge in [-0.15, -0.1) is 0 Å².